The molecule has 0 spiro atoms. The Morgan fingerprint density at radius 3 is 2.89 bits per heavy atom. The highest BCUT2D eigenvalue weighted by molar-refractivity contribution is 8.00. The lowest BCUT2D eigenvalue weighted by Gasteiger charge is -2.48. The van der Waals surface area contributed by atoms with Crippen molar-refractivity contribution in [2.24, 2.45) is 0 Å². The first-order valence-corrected chi connectivity index (χ1v) is 6.61. The van der Waals surface area contributed by atoms with Crippen LogP contribution in [0.5, 0.6) is 0 Å². The zero-order valence-electron chi connectivity index (χ0n) is 10.2. The number of hydrogen-bond donors (Lipinski definition) is 1. The van der Waals surface area contributed by atoms with E-state index in [4.69, 9.17) is 14.6 Å². The van der Waals surface area contributed by atoms with E-state index in [1.54, 1.807) is 14.0 Å². The standard InChI is InChI=1S/C11H15NO5S/c1-6-5-18-10-8(17-4-3-16-2)9(13)12(10)7(6)11(14)15/h8,10H,3-5H2,1-2H3,(H,14,15)/t8-,10-/m1/s1. The highest BCUT2D eigenvalue weighted by Gasteiger charge is 2.53. The molecule has 0 aromatic heterocycles. The molecule has 6 nitrogen and oxygen atoms in total. The fourth-order valence-corrected chi connectivity index (χ4v) is 3.30. The van der Waals surface area contributed by atoms with Gasteiger partial charge < -0.3 is 14.6 Å². The largest absolute Gasteiger partial charge is 0.477 e. The molecule has 0 radical (unpaired) electrons. The Morgan fingerprint density at radius 1 is 1.56 bits per heavy atom. The van der Waals surface area contributed by atoms with E-state index in [2.05, 4.69) is 0 Å². The number of amides is 1. The summed E-state index contributed by atoms with van der Waals surface area (Å²) in [6.45, 7) is 2.49. The number of carboxylic acids is 1. The number of aliphatic carboxylic acids is 1. The van der Waals surface area contributed by atoms with Crippen LogP contribution in [0.2, 0.25) is 0 Å². The minimum atomic E-state index is -1.05. The van der Waals surface area contributed by atoms with Crippen LogP contribution in [0.3, 0.4) is 0 Å². The number of rotatable bonds is 5. The Morgan fingerprint density at radius 2 is 2.28 bits per heavy atom. The molecule has 1 amide bonds. The van der Waals surface area contributed by atoms with Crippen LogP contribution in [0.4, 0.5) is 0 Å². The van der Waals surface area contributed by atoms with Gasteiger partial charge >= 0.3 is 5.97 Å². The maximum atomic E-state index is 11.9. The van der Waals surface area contributed by atoms with Gasteiger partial charge in [-0.1, -0.05) is 0 Å². The summed E-state index contributed by atoms with van der Waals surface area (Å²) >= 11 is 1.53. The van der Waals surface area contributed by atoms with E-state index in [0.29, 0.717) is 24.5 Å². The van der Waals surface area contributed by atoms with Crippen molar-refractivity contribution in [3.05, 3.63) is 11.3 Å². The van der Waals surface area contributed by atoms with E-state index in [1.807, 2.05) is 0 Å². The number of methoxy groups -OCH3 is 1. The average molecular weight is 273 g/mol. The second kappa shape index (κ2) is 5.29. The second-order valence-corrected chi connectivity index (χ2v) is 5.23. The molecule has 2 heterocycles. The van der Waals surface area contributed by atoms with Crippen LogP contribution >= 0.6 is 11.8 Å². The molecule has 2 atom stereocenters. The highest BCUT2D eigenvalue weighted by atomic mass is 32.2. The van der Waals surface area contributed by atoms with Crippen molar-refractivity contribution in [1.29, 1.82) is 0 Å². The Bertz CT molecular complexity index is 408. The molecule has 18 heavy (non-hydrogen) atoms. The summed E-state index contributed by atoms with van der Waals surface area (Å²) in [6, 6.07) is 0. The zero-order valence-corrected chi connectivity index (χ0v) is 11.0. The van der Waals surface area contributed by atoms with Gasteiger partial charge in [0, 0.05) is 12.9 Å². The SMILES string of the molecule is COCCO[C@@H]1C(=O)N2C(C(=O)O)=C(C)CS[C@H]12. The molecular formula is C11H15NO5S. The number of fused-ring (bicyclic) bond motifs is 1. The fourth-order valence-electron chi connectivity index (χ4n) is 2.02. The lowest BCUT2D eigenvalue weighted by Crippen LogP contribution is -2.65. The summed E-state index contributed by atoms with van der Waals surface area (Å²) in [4.78, 5) is 24.4. The molecule has 0 aromatic rings. The Labute approximate surface area is 109 Å². The maximum Gasteiger partial charge on any atom is 0.352 e. The van der Waals surface area contributed by atoms with E-state index >= 15 is 0 Å². The minimum absolute atomic E-state index is 0.107. The van der Waals surface area contributed by atoms with Crippen LogP contribution in [0.25, 0.3) is 0 Å². The number of carbonyl (C=O) groups is 2. The first-order valence-electron chi connectivity index (χ1n) is 5.56. The predicted octanol–water partition coefficient (Wildman–Crippen LogP) is 0.292. The molecule has 0 aliphatic carbocycles. The second-order valence-electron chi connectivity index (χ2n) is 4.13. The number of hydrogen-bond acceptors (Lipinski definition) is 5. The van der Waals surface area contributed by atoms with Crippen molar-refractivity contribution in [2.75, 3.05) is 26.1 Å². The summed E-state index contributed by atoms with van der Waals surface area (Å²) < 4.78 is 10.3. The van der Waals surface area contributed by atoms with E-state index in [-0.39, 0.29) is 17.0 Å². The van der Waals surface area contributed by atoms with Crippen LogP contribution in [0, 0.1) is 0 Å². The van der Waals surface area contributed by atoms with Gasteiger partial charge in [-0.05, 0) is 12.5 Å². The summed E-state index contributed by atoms with van der Waals surface area (Å²) in [7, 11) is 1.56. The number of carbonyl (C=O) groups excluding carboxylic acids is 1. The summed E-state index contributed by atoms with van der Waals surface area (Å²) in [6.07, 6.45) is -0.549. The Hall–Kier alpha value is -1.05. The third-order valence-electron chi connectivity index (χ3n) is 2.90. The monoisotopic (exact) mass is 273 g/mol. The molecule has 2 aliphatic heterocycles. The first kappa shape index (κ1) is 13.4. The highest BCUT2D eigenvalue weighted by Crippen LogP contribution is 2.41. The van der Waals surface area contributed by atoms with Crippen molar-refractivity contribution in [3.63, 3.8) is 0 Å². The van der Waals surface area contributed by atoms with Crippen molar-refractivity contribution in [1.82, 2.24) is 4.90 Å². The van der Waals surface area contributed by atoms with Crippen LogP contribution in [0.15, 0.2) is 11.3 Å². The first-order chi connectivity index (χ1) is 8.57. The van der Waals surface area contributed by atoms with Crippen LogP contribution in [-0.4, -0.2) is 59.4 Å². The van der Waals surface area contributed by atoms with Gasteiger partial charge in [0.1, 0.15) is 11.1 Å². The number of carboxylic acid groups (broad SMARTS) is 1. The van der Waals surface area contributed by atoms with Crippen LogP contribution in [0.1, 0.15) is 6.92 Å². The molecule has 0 aromatic carbocycles. The zero-order chi connectivity index (χ0) is 13.3. The van der Waals surface area contributed by atoms with Crippen molar-refractivity contribution < 1.29 is 24.2 Å². The van der Waals surface area contributed by atoms with Crippen LogP contribution < -0.4 is 0 Å². The molecular weight excluding hydrogens is 258 g/mol. The predicted molar refractivity (Wildman–Crippen MR) is 65.0 cm³/mol. The number of β-lactam (4-membered cyclic amide) rings is 1. The summed E-state index contributed by atoms with van der Waals surface area (Å²) in [5.41, 5.74) is 0.822. The van der Waals surface area contributed by atoms with E-state index in [1.165, 1.54) is 16.7 Å². The van der Waals surface area contributed by atoms with Crippen molar-refractivity contribution in [3.8, 4) is 0 Å². The van der Waals surface area contributed by atoms with E-state index in [0.717, 1.165) is 0 Å². The molecule has 2 aliphatic rings. The summed E-state index contributed by atoms with van der Waals surface area (Å²) in [5, 5.41) is 8.91. The Kier molecular flexibility index (Phi) is 3.94. The number of nitrogens with zero attached hydrogens (tertiary/aromatic N) is 1. The van der Waals surface area contributed by atoms with E-state index < -0.39 is 12.1 Å². The molecule has 2 rings (SSSR count). The molecule has 100 valence electrons. The van der Waals surface area contributed by atoms with Crippen molar-refractivity contribution in [2.45, 2.75) is 18.4 Å². The Balaban J connectivity index is 2.06. The van der Waals surface area contributed by atoms with Gasteiger partial charge in [0.15, 0.2) is 6.10 Å². The van der Waals surface area contributed by atoms with Gasteiger partial charge in [-0.15, -0.1) is 11.8 Å². The van der Waals surface area contributed by atoms with Gasteiger partial charge in [-0.25, -0.2) is 4.79 Å². The molecule has 1 fully saturated rings. The minimum Gasteiger partial charge on any atom is -0.477 e. The van der Waals surface area contributed by atoms with E-state index in [9.17, 15) is 9.59 Å². The van der Waals surface area contributed by atoms with Gasteiger partial charge in [-0.3, -0.25) is 9.69 Å². The summed E-state index contributed by atoms with van der Waals surface area (Å²) in [5.74, 6) is -0.721. The quantitative estimate of drug-likeness (QED) is 0.573. The molecule has 7 heteroatoms. The van der Waals surface area contributed by atoms with Gasteiger partial charge in [0.2, 0.25) is 0 Å². The van der Waals surface area contributed by atoms with Gasteiger partial charge in [0.05, 0.1) is 13.2 Å². The molecule has 1 saturated heterocycles. The molecule has 0 unspecified atom stereocenters. The molecule has 1 N–H and O–H groups in total. The fraction of sp³-hybridized carbons (Fsp3) is 0.636. The third-order valence-corrected chi connectivity index (χ3v) is 4.30. The normalized spacial score (nSPS) is 27.0. The topological polar surface area (TPSA) is 76.1 Å². The molecule has 0 bridgehead atoms. The number of thioether (sulfide) groups is 1. The van der Waals surface area contributed by atoms with Crippen LogP contribution in [-0.2, 0) is 19.1 Å². The third kappa shape index (κ3) is 2.13. The maximum absolute atomic E-state index is 11.9. The lowest BCUT2D eigenvalue weighted by atomic mass is 10.1. The molecule has 0 saturated carbocycles. The number of ether oxygens (including phenoxy) is 2. The smallest absolute Gasteiger partial charge is 0.352 e. The van der Waals surface area contributed by atoms with Gasteiger partial charge in [-0.2, -0.15) is 0 Å². The lowest BCUT2D eigenvalue weighted by molar-refractivity contribution is -0.166. The van der Waals surface area contributed by atoms with Crippen molar-refractivity contribution >= 4 is 23.6 Å². The van der Waals surface area contributed by atoms with Gasteiger partial charge in [0.25, 0.3) is 5.91 Å². The average Bonchev–Trinajstić information content (AvgIpc) is 2.34.